The lowest BCUT2D eigenvalue weighted by Crippen LogP contribution is -2.18. The number of halogens is 3. The fourth-order valence-corrected chi connectivity index (χ4v) is 3.11. The summed E-state index contributed by atoms with van der Waals surface area (Å²) in [4.78, 5) is 13.9. The van der Waals surface area contributed by atoms with Crippen molar-refractivity contribution >= 4 is 11.0 Å². The second kappa shape index (κ2) is 7.19. The van der Waals surface area contributed by atoms with E-state index in [1.54, 1.807) is 0 Å². The van der Waals surface area contributed by atoms with Crippen molar-refractivity contribution in [2.75, 3.05) is 7.05 Å². The summed E-state index contributed by atoms with van der Waals surface area (Å²) >= 11 is 0. The van der Waals surface area contributed by atoms with Crippen LogP contribution in [0.3, 0.4) is 0 Å². The highest BCUT2D eigenvalue weighted by Gasteiger charge is 2.29. The second-order valence-corrected chi connectivity index (χ2v) is 6.84. The molecule has 0 aliphatic rings. The Kier molecular flexibility index (Phi) is 5.11. The lowest BCUT2D eigenvalue weighted by Gasteiger charge is -2.18. The Labute approximate surface area is 155 Å². The zero-order valence-electron chi connectivity index (χ0n) is 15.4. The molecule has 3 rings (SSSR count). The Morgan fingerprint density at radius 3 is 2.30 bits per heavy atom. The minimum Gasteiger partial charge on any atom is -0.422 e. The molecule has 142 valence electrons. The maximum Gasteiger partial charge on any atom is 0.416 e. The number of nitrogens with zero attached hydrogens (tertiary/aromatic N) is 1. The molecule has 0 N–H and O–H groups in total. The Bertz CT molecular complexity index is 1020. The molecule has 0 aliphatic carbocycles. The molecule has 0 saturated carbocycles. The molecule has 0 unspecified atom stereocenters. The van der Waals surface area contributed by atoms with Gasteiger partial charge in [0.25, 0.3) is 0 Å². The first-order valence-electron chi connectivity index (χ1n) is 8.53. The van der Waals surface area contributed by atoms with E-state index >= 15 is 0 Å². The lowest BCUT2D eigenvalue weighted by atomic mass is 10.0. The predicted molar refractivity (Wildman–Crippen MR) is 98.6 cm³/mol. The van der Waals surface area contributed by atoms with Crippen LogP contribution in [0.25, 0.3) is 11.0 Å². The van der Waals surface area contributed by atoms with E-state index in [2.05, 4.69) is 0 Å². The minimum atomic E-state index is -4.34. The van der Waals surface area contributed by atoms with Crippen LogP contribution in [0.1, 0.15) is 27.8 Å². The average molecular weight is 375 g/mol. The molecule has 0 fully saturated rings. The van der Waals surface area contributed by atoms with Gasteiger partial charge < -0.3 is 4.42 Å². The third-order valence-electron chi connectivity index (χ3n) is 4.69. The van der Waals surface area contributed by atoms with Gasteiger partial charge in [-0.1, -0.05) is 24.3 Å². The number of aryl methyl sites for hydroxylation is 2. The summed E-state index contributed by atoms with van der Waals surface area (Å²) in [7, 11) is 1.86. The van der Waals surface area contributed by atoms with E-state index < -0.39 is 17.4 Å². The largest absolute Gasteiger partial charge is 0.422 e. The molecule has 0 bridgehead atoms. The molecular formula is C21H20F3NO2. The van der Waals surface area contributed by atoms with Gasteiger partial charge in [0.05, 0.1) is 5.56 Å². The van der Waals surface area contributed by atoms with Gasteiger partial charge in [0.1, 0.15) is 5.58 Å². The number of hydrogen-bond donors (Lipinski definition) is 0. The highest BCUT2D eigenvalue weighted by Crippen LogP contribution is 2.29. The van der Waals surface area contributed by atoms with Gasteiger partial charge in [-0.05, 0) is 55.3 Å². The fourth-order valence-electron chi connectivity index (χ4n) is 3.11. The van der Waals surface area contributed by atoms with Crippen LogP contribution < -0.4 is 5.63 Å². The zero-order chi connectivity index (χ0) is 19.8. The van der Waals surface area contributed by atoms with Crippen molar-refractivity contribution in [2.24, 2.45) is 0 Å². The van der Waals surface area contributed by atoms with Crippen molar-refractivity contribution in [3.8, 4) is 0 Å². The zero-order valence-corrected chi connectivity index (χ0v) is 15.4. The van der Waals surface area contributed by atoms with E-state index in [-0.39, 0.29) is 0 Å². The molecule has 0 spiro atoms. The van der Waals surface area contributed by atoms with Gasteiger partial charge in [0, 0.05) is 24.5 Å². The molecule has 0 atom stereocenters. The molecule has 0 saturated heterocycles. The SMILES string of the molecule is Cc1ccc2c(CN(C)Cc3ccc(C(F)(F)F)cc3)cc(=O)oc2c1C. The van der Waals surface area contributed by atoms with Crippen molar-refractivity contribution in [1.82, 2.24) is 4.90 Å². The van der Waals surface area contributed by atoms with E-state index in [0.29, 0.717) is 18.7 Å². The van der Waals surface area contributed by atoms with E-state index in [9.17, 15) is 18.0 Å². The van der Waals surface area contributed by atoms with Crippen molar-refractivity contribution in [3.05, 3.63) is 80.7 Å². The molecule has 27 heavy (non-hydrogen) atoms. The van der Waals surface area contributed by atoms with Gasteiger partial charge in [-0.2, -0.15) is 13.2 Å². The maximum absolute atomic E-state index is 12.7. The van der Waals surface area contributed by atoms with Gasteiger partial charge in [-0.15, -0.1) is 0 Å². The molecule has 1 heterocycles. The van der Waals surface area contributed by atoms with Crippen molar-refractivity contribution in [3.63, 3.8) is 0 Å². The summed E-state index contributed by atoms with van der Waals surface area (Å²) < 4.78 is 43.4. The lowest BCUT2D eigenvalue weighted by molar-refractivity contribution is -0.137. The Hall–Kier alpha value is -2.60. The molecule has 2 aromatic carbocycles. The molecule has 0 radical (unpaired) electrons. The highest BCUT2D eigenvalue weighted by molar-refractivity contribution is 5.83. The summed E-state index contributed by atoms with van der Waals surface area (Å²) in [5, 5.41) is 0.872. The van der Waals surface area contributed by atoms with Crippen LogP contribution in [0.5, 0.6) is 0 Å². The quantitative estimate of drug-likeness (QED) is 0.598. The third kappa shape index (κ3) is 4.22. The summed E-state index contributed by atoms with van der Waals surface area (Å²) in [6.07, 6.45) is -4.34. The topological polar surface area (TPSA) is 33.5 Å². The van der Waals surface area contributed by atoms with Crippen LogP contribution in [0, 0.1) is 13.8 Å². The van der Waals surface area contributed by atoms with Crippen LogP contribution >= 0.6 is 0 Å². The number of benzene rings is 2. The summed E-state index contributed by atoms with van der Waals surface area (Å²) in [6.45, 7) is 4.81. The van der Waals surface area contributed by atoms with Gasteiger partial charge in [-0.25, -0.2) is 4.79 Å². The van der Waals surface area contributed by atoms with E-state index in [0.717, 1.165) is 39.8 Å². The van der Waals surface area contributed by atoms with Crippen LogP contribution in [-0.4, -0.2) is 11.9 Å². The Balaban J connectivity index is 1.83. The number of fused-ring (bicyclic) bond motifs is 1. The van der Waals surface area contributed by atoms with Crippen LogP contribution in [-0.2, 0) is 19.3 Å². The van der Waals surface area contributed by atoms with Crippen LogP contribution in [0.2, 0.25) is 0 Å². The molecule has 0 amide bonds. The van der Waals surface area contributed by atoms with Crippen LogP contribution in [0.15, 0.2) is 51.7 Å². The average Bonchev–Trinajstić information content (AvgIpc) is 2.58. The maximum atomic E-state index is 12.7. The molecule has 3 nitrogen and oxygen atoms in total. The minimum absolute atomic E-state index is 0.408. The molecular weight excluding hydrogens is 355 g/mol. The summed E-state index contributed by atoms with van der Waals surface area (Å²) in [5.74, 6) is 0. The smallest absolute Gasteiger partial charge is 0.416 e. The highest BCUT2D eigenvalue weighted by atomic mass is 19.4. The van der Waals surface area contributed by atoms with Gasteiger partial charge >= 0.3 is 11.8 Å². The number of rotatable bonds is 4. The van der Waals surface area contributed by atoms with Gasteiger partial charge in [0.2, 0.25) is 0 Å². The first-order chi connectivity index (χ1) is 12.6. The van der Waals surface area contributed by atoms with Gasteiger partial charge in [0.15, 0.2) is 0 Å². The summed E-state index contributed by atoms with van der Waals surface area (Å²) in [6, 6.07) is 10.5. The second-order valence-electron chi connectivity index (χ2n) is 6.84. The Morgan fingerprint density at radius 1 is 1.00 bits per heavy atom. The van der Waals surface area contributed by atoms with Crippen molar-refractivity contribution in [1.29, 1.82) is 0 Å². The molecule has 0 aliphatic heterocycles. The first kappa shape index (κ1) is 19.2. The van der Waals surface area contributed by atoms with Crippen molar-refractivity contribution in [2.45, 2.75) is 33.1 Å². The monoisotopic (exact) mass is 375 g/mol. The predicted octanol–water partition coefficient (Wildman–Crippen LogP) is 5.06. The van der Waals surface area contributed by atoms with E-state index in [4.69, 9.17) is 4.42 Å². The number of hydrogen-bond acceptors (Lipinski definition) is 3. The van der Waals surface area contributed by atoms with Crippen LogP contribution in [0.4, 0.5) is 13.2 Å². The van der Waals surface area contributed by atoms with E-state index in [1.807, 2.05) is 37.9 Å². The van der Waals surface area contributed by atoms with Crippen molar-refractivity contribution < 1.29 is 17.6 Å². The first-order valence-corrected chi connectivity index (χ1v) is 8.53. The van der Waals surface area contributed by atoms with E-state index in [1.165, 1.54) is 18.2 Å². The van der Waals surface area contributed by atoms with Gasteiger partial charge in [-0.3, -0.25) is 4.90 Å². The standard InChI is InChI=1S/C21H20F3NO2/c1-13-4-9-18-16(10-19(26)27-20(18)14(13)2)12-25(3)11-15-5-7-17(8-6-15)21(22,23)24/h4-10H,11-12H2,1-3H3. The molecule has 3 aromatic rings. The third-order valence-corrected chi connectivity index (χ3v) is 4.69. The fraction of sp³-hybridized carbons (Fsp3) is 0.286. The molecule has 6 heteroatoms. The number of alkyl halides is 3. The molecule has 1 aromatic heterocycles. The summed E-state index contributed by atoms with van der Waals surface area (Å²) in [5.41, 5.74) is 3.09. The normalized spacial score (nSPS) is 12.1. The Morgan fingerprint density at radius 2 is 1.67 bits per heavy atom.